The number of methoxy groups -OCH3 is 1. The highest BCUT2D eigenvalue weighted by molar-refractivity contribution is 6.31. The number of benzene rings is 2. The largest absolute Gasteiger partial charge is 0.497 e. The Morgan fingerprint density at radius 1 is 1.16 bits per heavy atom. The molecule has 0 N–H and O–H groups in total. The fourth-order valence-electron chi connectivity index (χ4n) is 1.74. The molecule has 0 fully saturated rings. The number of halogens is 1. The van der Waals surface area contributed by atoms with Gasteiger partial charge in [-0.1, -0.05) is 17.7 Å². The van der Waals surface area contributed by atoms with E-state index in [-0.39, 0.29) is 5.91 Å². The molecule has 19 heavy (non-hydrogen) atoms. The third kappa shape index (κ3) is 3.06. The van der Waals surface area contributed by atoms with Gasteiger partial charge < -0.3 is 9.64 Å². The van der Waals surface area contributed by atoms with E-state index < -0.39 is 0 Å². The summed E-state index contributed by atoms with van der Waals surface area (Å²) in [5, 5.41) is 0.550. The summed E-state index contributed by atoms with van der Waals surface area (Å²) in [6.07, 6.45) is 0. The van der Waals surface area contributed by atoms with Crippen molar-refractivity contribution < 1.29 is 9.53 Å². The van der Waals surface area contributed by atoms with E-state index in [1.165, 1.54) is 0 Å². The highest BCUT2D eigenvalue weighted by Crippen LogP contribution is 2.20. The Morgan fingerprint density at radius 3 is 2.42 bits per heavy atom. The summed E-state index contributed by atoms with van der Waals surface area (Å²) in [6, 6.07) is 14.2. The number of hydrogen-bond acceptors (Lipinski definition) is 2. The van der Waals surface area contributed by atoms with Crippen LogP contribution in [0.5, 0.6) is 5.75 Å². The zero-order chi connectivity index (χ0) is 13.8. The molecule has 98 valence electrons. The van der Waals surface area contributed by atoms with Crippen molar-refractivity contribution in [3.05, 3.63) is 59.1 Å². The molecule has 0 saturated carbocycles. The van der Waals surface area contributed by atoms with Crippen LogP contribution in [-0.4, -0.2) is 20.1 Å². The Bertz CT molecular complexity index is 581. The van der Waals surface area contributed by atoms with Crippen molar-refractivity contribution in [1.29, 1.82) is 0 Å². The zero-order valence-electron chi connectivity index (χ0n) is 10.8. The van der Waals surface area contributed by atoms with Gasteiger partial charge in [0, 0.05) is 23.3 Å². The molecule has 0 saturated heterocycles. The fourth-order valence-corrected chi connectivity index (χ4v) is 1.93. The van der Waals surface area contributed by atoms with Crippen LogP contribution in [0.25, 0.3) is 0 Å². The van der Waals surface area contributed by atoms with Crippen molar-refractivity contribution in [2.24, 2.45) is 0 Å². The molecule has 2 rings (SSSR count). The maximum absolute atomic E-state index is 12.3. The topological polar surface area (TPSA) is 29.5 Å². The molecule has 3 nitrogen and oxygen atoms in total. The van der Waals surface area contributed by atoms with Gasteiger partial charge in [0.25, 0.3) is 5.91 Å². The van der Waals surface area contributed by atoms with Crippen LogP contribution in [0.3, 0.4) is 0 Å². The fraction of sp³-hybridized carbons (Fsp3) is 0.133. The van der Waals surface area contributed by atoms with Gasteiger partial charge in [-0.25, -0.2) is 0 Å². The zero-order valence-corrected chi connectivity index (χ0v) is 11.5. The molecular formula is C15H14ClNO2. The first-order valence-corrected chi connectivity index (χ1v) is 6.17. The summed E-state index contributed by atoms with van der Waals surface area (Å²) in [4.78, 5) is 13.9. The Hall–Kier alpha value is -2.00. The number of hydrogen-bond donors (Lipinski definition) is 0. The predicted octanol–water partition coefficient (Wildman–Crippen LogP) is 3.63. The molecule has 0 bridgehead atoms. The lowest BCUT2D eigenvalue weighted by atomic mass is 10.2. The summed E-state index contributed by atoms with van der Waals surface area (Å²) < 4.78 is 5.09. The third-order valence-corrected chi connectivity index (χ3v) is 3.07. The van der Waals surface area contributed by atoms with Crippen LogP contribution in [0, 0.1) is 0 Å². The highest BCUT2D eigenvalue weighted by Gasteiger charge is 2.13. The van der Waals surface area contributed by atoms with Gasteiger partial charge in [-0.2, -0.15) is 0 Å². The van der Waals surface area contributed by atoms with Crippen molar-refractivity contribution in [3.63, 3.8) is 0 Å². The molecule has 0 aliphatic carbocycles. The monoisotopic (exact) mass is 275 g/mol. The first-order chi connectivity index (χ1) is 9.11. The van der Waals surface area contributed by atoms with Crippen molar-refractivity contribution in [3.8, 4) is 5.75 Å². The van der Waals surface area contributed by atoms with Crippen molar-refractivity contribution in [2.75, 3.05) is 19.1 Å². The molecule has 1 amide bonds. The van der Waals surface area contributed by atoms with E-state index in [0.717, 1.165) is 11.4 Å². The minimum absolute atomic E-state index is 0.104. The Kier molecular flexibility index (Phi) is 4.07. The van der Waals surface area contributed by atoms with Crippen LogP contribution in [0.1, 0.15) is 10.4 Å². The normalized spacial score (nSPS) is 10.1. The SMILES string of the molecule is COc1ccc(N(C)C(=O)c2cccc(Cl)c2)cc1. The molecule has 4 heteroatoms. The van der Waals surface area contributed by atoms with Crippen LogP contribution in [0.15, 0.2) is 48.5 Å². The summed E-state index contributed by atoms with van der Waals surface area (Å²) in [6.45, 7) is 0. The van der Waals surface area contributed by atoms with Gasteiger partial charge in [0.05, 0.1) is 7.11 Å². The first kappa shape index (κ1) is 13.4. The third-order valence-electron chi connectivity index (χ3n) is 2.84. The van der Waals surface area contributed by atoms with Crippen LogP contribution < -0.4 is 9.64 Å². The molecule has 0 heterocycles. The number of ether oxygens (including phenoxy) is 1. The van der Waals surface area contributed by atoms with E-state index in [2.05, 4.69) is 0 Å². The van der Waals surface area contributed by atoms with E-state index in [1.54, 1.807) is 43.3 Å². The summed E-state index contributed by atoms with van der Waals surface area (Å²) >= 11 is 5.89. The summed E-state index contributed by atoms with van der Waals surface area (Å²) in [5.74, 6) is 0.653. The number of carbonyl (C=O) groups excluding carboxylic acids is 1. The Balaban J connectivity index is 2.23. The number of rotatable bonds is 3. The lowest BCUT2D eigenvalue weighted by molar-refractivity contribution is 0.0993. The Morgan fingerprint density at radius 2 is 1.84 bits per heavy atom. The van der Waals surface area contributed by atoms with Crippen molar-refractivity contribution in [1.82, 2.24) is 0 Å². The minimum Gasteiger partial charge on any atom is -0.497 e. The smallest absolute Gasteiger partial charge is 0.258 e. The molecule has 0 atom stereocenters. The number of amides is 1. The van der Waals surface area contributed by atoms with E-state index in [1.807, 2.05) is 24.3 Å². The number of anilines is 1. The molecule has 2 aromatic rings. The van der Waals surface area contributed by atoms with Gasteiger partial charge in [-0.3, -0.25) is 4.79 Å². The predicted molar refractivity (Wildman–Crippen MR) is 77.2 cm³/mol. The second kappa shape index (κ2) is 5.76. The van der Waals surface area contributed by atoms with Crippen molar-refractivity contribution >= 4 is 23.2 Å². The van der Waals surface area contributed by atoms with Gasteiger partial charge in [-0.15, -0.1) is 0 Å². The minimum atomic E-state index is -0.104. The standard InChI is InChI=1S/C15H14ClNO2/c1-17(13-6-8-14(19-2)9-7-13)15(18)11-4-3-5-12(16)10-11/h3-10H,1-2H3. The second-order valence-corrected chi connectivity index (χ2v) is 4.51. The van der Waals surface area contributed by atoms with E-state index in [9.17, 15) is 4.79 Å². The van der Waals surface area contributed by atoms with E-state index in [4.69, 9.17) is 16.3 Å². The van der Waals surface area contributed by atoms with Gasteiger partial charge in [0.1, 0.15) is 5.75 Å². The van der Waals surface area contributed by atoms with Gasteiger partial charge in [0.15, 0.2) is 0 Å². The van der Waals surface area contributed by atoms with Crippen LogP contribution >= 0.6 is 11.6 Å². The highest BCUT2D eigenvalue weighted by atomic mass is 35.5. The maximum Gasteiger partial charge on any atom is 0.258 e. The van der Waals surface area contributed by atoms with E-state index >= 15 is 0 Å². The average Bonchev–Trinajstić information content (AvgIpc) is 2.46. The molecule has 0 radical (unpaired) electrons. The van der Waals surface area contributed by atoms with Crippen LogP contribution in [-0.2, 0) is 0 Å². The maximum atomic E-state index is 12.3. The average molecular weight is 276 g/mol. The lowest BCUT2D eigenvalue weighted by Crippen LogP contribution is -2.26. The molecule has 2 aromatic carbocycles. The quantitative estimate of drug-likeness (QED) is 0.856. The molecule has 0 aliphatic heterocycles. The Labute approximate surface area is 117 Å². The second-order valence-electron chi connectivity index (χ2n) is 4.07. The summed E-state index contributed by atoms with van der Waals surface area (Å²) in [5.41, 5.74) is 1.36. The summed E-state index contributed by atoms with van der Waals surface area (Å²) in [7, 11) is 3.33. The van der Waals surface area contributed by atoms with Gasteiger partial charge in [-0.05, 0) is 42.5 Å². The van der Waals surface area contributed by atoms with Crippen LogP contribution in [0.4, 0.5) is 5.69 Å². The van der Waals surface area contributed by atoms with Gasteiger partial charge >= 0.3 is 0 Å². The van der Waals surface area contributed by atoms with E-state index in [0.29, 0.717) is 10.6 Å². The molecule has 0 spiro atoms. The number of nitrogens with zero attached hydrogens (tertiary/aromatic N) is 1. The molecular weight excluding hydrogens is 262 g/mol. The number of carbonyl (C=O) groups is 1. The van der Waals surface area contributed by atoms with Gasteiger partial charge in [0.2, 0.25) is 0 Å². The molecule has 0 aliphatic rings. The first-order valence-electron chi connectivity index (χ1n) is 5.79. The van der Waals surface area contributed by atoms with Crippen LogP contribution in [0.2, 0.25) is 5.02 Å². The molecule has 0 aromatic heterocycles. The molecule has 0 unspecified atom stereocenters. The van der Waals surface area contributed by atoms with Crippen molar-refractivity contribution in [2.45, 2.75) is 0 Å². The lowest BCUT2D eigenvalue weighted by Gasteiger charge is -2.17.